The van der Waals surface area contributed by atoms with Crippen LogP contribution in [0.5, 0.6) is 6.01 Å². The highest BCUT2D eigenvalue weighted by molar-refractivity contribution is 6.50. The van der Waals surface area contributed by atoms with Crippen molar-refractivity contribution in [1.29, 1.82) is 0 Å². The minimum atomic E-state index is -0.896. The summed E-state index contributed by atoms with van der Waals surface area (Å²) in [5.41, 5.74) is 11.6. The number of carbonyl (C=O) groups excluding carboxylic acids is 1. The third kappa shape index (κ3) is 7.38. The van der Waals surface area contributed by atoms with Gasteiger partial charge in [-0.2, -0.15) is 9.97 Å². The van der Waals surface area contributed by atoms with Crippen molar-refractivity contribution in [2.45, 2.75) is 71.1 Å². The number of anilines is 1. The van der Waals surface area contributed by atoms with Gasteiger partial charge in [-0.3, -0.25) is 19.7 Å². The molecule has 2 saturated heterocycles. The number of rotatable bonds is 9. The van der Waals surface area contributed by atoms with E-state index in [1.165, 1.54) is 11.0 Å². The number of benzene rings is 2. The summed E-state index contributed by atoms with van der Waals surface area (Å²) in [5.74, 6) is 0.0367. The van der Waals surface area contributed by atoms with Crippen LogP contribution in [0, 0.1) is 5.82 Å². The Morgan fingerprint density at radius 2 is 2.04 bits per heavy atom. The van der Waals surface area contributed by atoms with E-state index in [9.17, 15) is 9.18 Å². The zero-order chi connectivity index (χ0) is 39.2. The van der Waals surface area contributed by atoms with E-state index in [0.717, 1.165) is 52.4 Å². The number of fused-ring (bicyclic) bond motifs is 3. The first-order chi connectivity index (χ1) is 26.3. The van der Waals surface area contributed by atoms with Crippen LogP contribution < -0.4 is 15.4 Å². The number of amides is 1. The van der Waals surface area contributed by atoms with Crippen LogP contribution in [0.1, 0.15) is 69.3 Å². The molecule has 4 heterocycles. The number of hydrogen-bond acceptors (Lipinski definition) is 9. The van der Waals surface area contributed by atoms with Gasteiger partial charge in [0.1, 0.15) is 24.4 Å². The van der Waals surface area contributed by atoms with Crippen molar-refractivity contribution < 1.29 is 18.3 Å². The lowest BCUT2D eigenvalue weighted by Gasteiger charge is -2.47. The van der Waals surface area contributed by atoms with E-state index < -0.39 is 6.17 Å². The van der Waals surface area contributed by atoms with Crippen molar-refractivity contribution in [3.63, 3.8) is 0 Å². The summed E-state index contributed by atoms with van der Waals surface area (Å²) in [6.45, 7) is 10.9. The number of aryl methyl sites for hydroxylation is 1. The molecule has 2 aromatic carbocycles. The number of nitrogens with two attached hydrogens (primary N) is 1. The number of aromatic nitrogens is 2. The highest BCUT2D eigenvalue weighted by atomic mass is 35.5. The summed E-state index contributed by atoms with van der Waals surface area (Å²) < 4.78 is 36.6. The number of allylic oxidation sites excluding steroid dienone is 3. The molecule has 1 amide bonds. The van der Waals surface area contributed by atoms with Gasteiger partial charge in [0.2, 0.25) is 0 Å². The van der Waals surface area contributed by atoms with Crippen LogP contribution in [0.4, 0.5) is 14.6 Å². The Balaban J connectivity index is 1.43. The molecule has 2 N–H and O–H groups in total. The van der Waals surface area contributed by atoms with Gasteiger partial charge in [0.15, 0.2) is 0 Å². The highest BCUT2D eigenvalue weighted by Gasteiger charge is 2.52. The van der Waals surface area contributed by atoms with Gasteiger partial charge in [0.05, 0.1) is 40.5 Å². The van der Waals surface area contributed by atoms with Crippen LogP contribution in [-0.4, -0.2) is 108 Å². The number of hydrogen-bond donors (Lipinski definition) is 1. The Bertz CT molecular complexity index is 2200. The average molecular weight is 771 g/mol. The lowest BCUT2D eigenvalue weighted by molar-refractivity contribution is -0.124. The second-order valence-electron chi connectivity index (χ2n) is 15.3. The number of aliphatic imine (C=N–C) groups is 2. The molecule has 7 rings (SSSR count). The fourth-order valence-corrected chi connectivity index (χ4v) is 8.54. The predicted octanol–water partition coefficient (Wildman–Crippen LogP) is 6.94. The molecule has 3 aromatic rings. The SMILES string of the molecule is C/C=C1\C(=NC(C)C)C(c2cc(Cl)cc3ccc(F)c(CC)c23)=Cc2nc(OCC34CCN3CC(F)C4)nc(N3CCCN=C(/C=C(\N)C(=O)N(C)C)C3)c21. The van der Waals surface area contributed by atoms with Crippen molar-refractivity contribution in [3.8, 4) is 6.01 Å². The van der Waals surface area contributed by atoms with Crippen molar-refractivity contribution in [1.82, 2.24) is 19.8 Å². The van der Waals surface area contributed by atoms with E-state index in [2.05, 4.69) is 9.80 Å². The van der Waals surface area contributed by atoms with Crippen molar-refractivity contribution in [2.24, 2.45) is 15.7 Å². The molecular weight excluding hydrogens is 722 g/mol. The molecule has 55 heavy (non-hydrogen) atoms. The van der Waals surface area contributed by atoms with Gasteiger partial charge in [-0.25, -0.2) is 8.78 Å². The summed E-state index contributed by atoms with van der Waals surface area (Å²) in [7, 11) is 3.31. The van der Waals surface area contributed by atoms with Crippen LogP contribution in [0.2, 0.25) is 5.02 Å². The smallest absolute Gasteiger partial charge is 0.319 e. The first kappa shape index (κ1) is 38.6. The Kier molecular flexibility index (Phi) is 10.8. The number of nitrogens with zero attached hydrogens (tertiary/aromatic N) is 7. The normalized spacial score (nSPS) is 23.1. The molecule has 13 heteroatoms. The fourth-order valence-electron chi connectivity index (χ4n) is 8.31. The van der Waals surface area contributed by atoms with Crippen molar-refractivity contribution >= 4 is 62.7 Å². The number of carbonyl (C=O) groups is 1. The molecule has 1 aromatic heterocycles. The first-order valence-electron chi connectivity index (χ1n) is 19.1. The molecule has 0 saturated carbocycles. The first-order valence-corrected chi connectivity index (χ1v) is 19.5. The molecule has 3 aliphatic heterocycles. The van der Waals surface area contributed by atoms with E-state index in [1.54, 1.807) is 26.2 Å². The number of alkyl halides is 1. The van der Waals surface area contributed by atoms with E-state index in [1.807, 2.05) is 52.0 Å². The van der Waals surface area contributed by atoms with Gasteiger partial charge in [-0.1, -0.05) is 30.7 Å². The van der Waals surface area contributed by atoms with Crippen molar-refractivity contribution in [3.05, 3.63) is 75.3 Å². The zero-order valence-electron chi connectivity index (χ0n) is 32.4. The third-order valence-electron chi connectivity index (χ3n) is 10.9. The monoisotopic (exact) mass is 770 g/mol. The quantitative estimate of drug-likeness (QED) is 0.235. The standard InChI is InChI=1S/C42H49ClF2N8O2/c1-7-29-33(45)11-10-25-16-26(43)17-31(36(25)29)32-19-35-37(30(8-2)38(32)48-24(3)4)39(50-41(49-35)55-23-42-12-15-53(42)21-27(44)20-42)52-14-9-13-47-28(22-52)18-34(46)40(54)51(5)6/h8,10-11,16-19,24,27H,7,9,12-15,20-23,46H2,1-6H3/b30-8-,34-18-,48-38?. The zero-order valence-corrected chi connectivity index (χ0v) is 33.2. The minimum absolute atomic E-state index is 0.0932. The van der Waals surface area contributed by atoms with Gasteiger partial charge in [-0.05, 0) is 92.3 Å². The second-order valence-corrected chi connectivity index (χ2v) is 15.7. The Morgan fingerprint density at radius 1 is 1.24 bits per heavy atom. The maximum atomic E-state index is 15.5. The molecule has 1 aliphatic carbocycles. The second kappa shape index (κ2) is 15.5. The van der Waals surface area contributed by atoms with Gasteiger partial charge in [0.25, 0.3) is 5.91 Å². The van der Waals surface area contributed by atoms with Gasteiger partial charge >= 0.3 is 6.01 Å². The molecule has 10 nitrogen and oxygen atoms in total. The van der Waals surface area contributed by atoms with Gasteiger partial charge in [-0.15, -0.1) is 0 Å². The molecule has 2 atom stereocenters. The van der Waals surface area contributed by atoms with E-state index in [-0.39, 0.29) is 41.6 Å². The number of likely N-dealkylation sites (N-methyl/N-ethyl adjacent to an activating group) is 1. The summed E-state index contributed by atoms with van der Waals surface area (Å²) in [6.07, 6.45) is 7.20. The summed E-state index contributed by atoms with van der Waals surface area (Å²) >= 11 is 6.79. The lowest BCUT2D eigenvalue weighted by Crippen LogP contribution is -2.59. The maximum absolute atomic E-state index is 15.5. The Labute approximate surface area is 326 Å². The molecule has 2 fully saturated rings. The largest absolute Gasteiger partial charge is 0.461 e. The van der Waals surface area contributed by atoms with Crippen molar-refractivity contribution in [2.75, 3.05) is 58.3 Å². The Hall–Kier alpha value is -4.68. The molecule has 0 spiro atoms. The predicted molar refractivity (Wildman–Crippen MR) is 218 cm³/mol. The fraction of sp³-hybridized carbons (Fsp3) is 0.452. The molecule has 2 unspecified atom stereocenters. The molecule has 290 valence electrons. The molecule has 0 bridgehead atoms. The number of halogens is 3. The lowest BCUT2D eigenvalue weighted by atomic mass is 9.82. The van der Waals surface area contributed by atoms with Crippen LogP contribution >= 0.6 is 11.6 Å². The van der Waals surface area contributed by atoms with E-state index in [0.29, 0.717) is 72.5 Å². The summed E-state index contributed by atoms with van der Waals surface area (Å²) in [4.78, 5) is 38.5. The van der Waals surface area contributed by atoms with Gasteiger partial charge in [0, 0.05) is 68.9 Å². The van der Waals surface area contributed by atoms with E-state index >= 15 is 4.39 Å². The van der Waals surface area contributed by atoms with Crippen LogP contribution in [0.25, 0.3) is 28.0 Å². The third-order valence-corrected chi connectivity index (χ3v) is 11.2. The summed E-state index contributed by atoms with van der Waals surface area (Å²) in [6, 6.07) is 7.07. The maximum Gasteiger partial charge on any atom is 0.319 e. The highest BCUT2D eigenvalue weighted by Crippen LogP contribution is 2.45. The topological polar surface area (TPSA) is 113 Å². The average Bonchev–Trinajstić information content (AvgIpc) is 3.26. The number of ether oxygens (including phenoxy) is 1. The minimum Gasteiger partial charge on any atom is -0.461 e. The van der Waals surface area contributed by atoms with Crippen LogP contribution in [-0.2, 0) is 11.2 Å². The molecular formula is C42H49ClF2N8O2. The molecule has 0 radical (unpaired) electrons. The van der Waals surface area contributed by atoms with E-state index in [4.69, 9.17) is 42.0 Å². The van der Waals surface area contributed by atoms with Crippen LogP contribution in [0.15, 0.2) is 52.1 Å². The Morgan fingerprint density at radius 3 is 2.71 bits per heavy atom. The van der Waals surface area contributed by atoms with Gasteiger partial charge < -0.3 is 20.3 Å². The van der Waals surface area contributed by atoms with Crippen LogP contribution in [0.3, 0.4) is 0 Å². The molecule has 4 aliphatic rings. The summed E-state index contributed by atoms with van der Waals surface area (Å²) in [5, 5.41) is 2.12.